The standard InChI is InChI=1S/C27H36N4O4/c1-17-10-20(11-22(17)35-25(33)29-27-13-19(14-27)15-27)21-12-23(31(30-21)26(2,3)4)28-24(32)34-16-18-8-6-5-7-9-18/h5-9,12,17,19-20,22H,10-11,13-16H2,1-4H3,(H,28,32)(H,29,33). The van der Waals surface area contributed by atoms with Crippen molar-refractivity contribution in [3.05, 3.63) is 47.7 Å². The number of alkyl carbamates (subject to hydrolysis) is 1. The lowest BCUT2D eigenvalue weighted by atomic mass is 9.50. The summed E-state index contributed by atoms with van der Waals surface area (Å²) in [6, 6.07) is 11.5. The first-order valence-corrected chi connectivity index (χ1v) is 12.7. The fourth-order valence-corrected chi connectivity index (χ4v) is 5.69. The van der Waals surface area contributed by atoms with Crippen LogP contribution in [0.4, 0.5) is 15.4 Å². The number of carbonyl (C=O) groups excluding carboxylic acids is 2. The second-order valence-electron chi connectivity index (χ2n) is 11.7. The lowest BCUT2D eigenvalue weighted by Crippen LogP contribution is -2.68. The molecule has 3 atom stereocenters. The number of nitrogens with one attached hydrogen (secondary N) is 2. The minimum absolute atomic E-state index is 0.0180. The van der Waals surface area contributed by atoms with Gasteiger partial charge < -0.3 is 14.8 Å². The quantitative estimate of drug-likeness (QED) is 0.565. The predicted octanol–water partition coefficient (Wildman–Crippen LogP) is 5.55. The molecule has 1 aromatic heterocycles. The van der Waals surface area contributed by atoms with Gasteiger partial charge in [0.15, 0.2) is 0 Å². The van der Waals surface area contributed by atoms with Crippen LogP contribution in [-0.2, 0) is 21.6 Å². The average Bonchev–Trinajstić information content (AvgIpc) is 3.33. The van der Waals surface area contributed by atoms with Crippen LogP contribution >= 0.6 is 0 Å². The Morgan fingerprint density at radius 2 is 1.83 bits per heavy atom. The van der Waals surface area contributed by atoms with Crippen molar-refractivity contribution in [1.29, 1.82) is 0 Å². The van der Waals surface area contributed by atoms with E-state index in [9.17, 15) is 9.59 Å². The molecule has 1 aromatic carbocycles. The van der Waals surface area contributed by atoms with Gasteiger partial charge in [-0.25, -0.2) is 14.3 Å². The van der Waals surface area contributed by atoms with E-state index >= 15 is 0 Å². The minimum atomic E-state index is -0.517. The molecule has 8 heteroatoms. The third-order valence-electron chi connectivity index (χ3n) is 7.70. The molecular weight excluding hydrogens is 444 g/mol. The molecule has 4 fully saturated rings. The fourth-order valence-electron chi connectivity index (χ4n) is 5.69. The molecule has 0 saturated heterocycles. The molecule has 35 heavy (non-hydrogen) atoms. The number of nitrogens with zero attached hydrogens (tertiary/aromatic N) is 2. The van der Waals surface area contributed by atoms with E-state index in [0.29, 0.717) is 5.82 Å². The van der Waals surface area contributed by atoms with E-state index in [4.69, 9.17) is 14.6 Å². The second kappa shape index (κ2) is 8.88. The van der Waals surface area contributed by atoms with Crippen LogP contribution in [0.25, 0.3) is 0 Å². The third kappa shape index (κ3) is 5.02. The molecule has 4 saturated carbocycles. The number of carbonyl (C=O) groups is 2. The number of anilines is 1. The lowest BCUT2D eigenvalue weighted by Gasteiger charge is -2.61. The molecule has 4 aliphatic carbocycles. The summed E-state index contributed by atoms with van der Waals surface area (Å²) in [6.45, 7) is 8.46. The van der Waals surface area contributed by atoms with Crippen LogP contribution in [0.5, 0.6) is 0 Å². The van der Waals surface area contributed by atoms with E-state index in [2.05, 4.69) is 17.6 Å². The zero-order valence-electron chi connectivity index (χ0n) is 21.0. The third-order valence-corrected chi connectivity index (χ3v) is 7.70. The minimum Gasteiger partial charge on any atom is -0.446 e. The number of benzene rings is 1. The Morgan fingerprint density at radius 1 is 1.11 bits per heavy atom. The zero-order valence-corrected chi connectivity index (χ0v) is 21.0. The highest BCUT2D eigenvalue weighted by Crippen LogP contribution is 2.57. The van der Waals surface area contributed by atoms with Crippen molar-refractivity contribution in [2.24, 2.45) is 11.8 Å². The molecule has 3 unspecified atom stereocenters. The number of amides is 2. The summed E-state index contributed by atoms with van der Waals surface area (Å²) in [5.74, 6) is 1.80. The Labute approximate surface area is 206 Å². The van der Waals surface area contributed by atoms with E-state index in [-0.39, 0.29) is 41.7 Å². The fraction of sp³-hybridized carbons (Fsp3) is 0.593. The number of aromatic nitrogens is 2. The Kier molecular flexibility index (Phi) is 6.01. The summed E-state index contributed by atoms with van der Waals surface area (Å²) in [4.78, 5) is 25.0. The van der Waals surface area contributed by atoms with E-state index in [1.807, 2.05) is 61.9 Å². The van der Waals surface area contributed by atoms with Crippen LogP contribution in [0.15, 0.2) is 36.4 Å². The van der Waals surface area contributed by atoms with Crippen molar-refractivity contribution in [3.8, 4) is 0 Å². The van der Waals surface area contributed by atoms with Gasteiger partial charge in [0, 0.05) is 17.5 Å². The summed E-state index contributed by atoms with van der Waals surface area (Å²) in [5, 5.41) is 10.8. The molecule has 188 valence electrons. The summed E-state index contributed by atoms with van der Waals surface area (Å²) < 4.78 is 13.1. The van der Waals surface area contributed by atoms with Crippen LogP contribution < -0.4 is 10.6 Å². The van der Waals surface area contributed by atoms with E-state index < -0.39 is 6.09 Å². The van der Waals surface area contributed by atoms with Crippen LogP contribution in [0.2, 0.25) is 0 Å². The van der Waals surface area contributed by atoms with E-state index in [1.54, 1.807) is 0 Å². The van der Waals surface area contributed by atoms with Gasteiger partial charge >= 0.3 is 12.2 Å². The molecule has 0 spiro atoms. The van der Waals surface area contributed by atoms with Crippen molar-refractivity contribution >= 4 is 18.0 Å². The van der Waals surface area contributed by atoms with Crippen molar-refractivity contribution < 1.29 is 19.1 Å². The Balaban J connectivity index is 1.22. The number of rotatable bonds is 6. The molecule has 1 heterocycles. The molecule has 0 radical (unpaired) electrons. The van der Waals surface area contributed by atoms with Gasteiger partial charge in [-0.15, -0.1) is 0 Å². The molecule has 2 N–H and O–H groups in total. The van der Waals surface area contributed by atoms with Crippen molar-refractivity contribution in [1.82, 2.24) is 15.1 Å². The van der Waals surface area contributed by atoms with Gasteiger partial charge in [0.25, 0.3) is 0 Å². The van der Waals surface area contributed by atoms with Crippen molar-refractivity contribution in [3.63, 3.8) is 0 Å². The number of hydrogen-bond acceptors (Lipinski definition) is 5. The summed E-state index contributed by atoms with van der Waals surface area (Å²) >= 11 is 0. The molecule has 4 aliphatic rings. The van der Waals surface area contributed by atoms with E-state index in [1.165, 1.54) is 0 Å². The molecule has 2 bridgehead atoms. The first-order valence-electron chi connectivity index (χ1n) is 12.7. The summed E-state index contributed by atoms with van der Waals surface area (Å²) in [6.07, 6.45) is 3.95. The normalized spacial score (nSPS) is 29.0. The molecule has 2 amide bonds. The monoisotopic (exact) mass is 480 g/mol. The van der Waals surface area contributed by atoms with Crippen molar-refractivity contribution in [2.45, 2.75) is 89.5 Å². The van der Waals surface area contributed by atoms with Gasteiger partial charge in [-0.05, 0) is 70.3 Å². The highest BCUT2D eigenvalue weighted by Gasteiger charge is 2.57. The first-order chi connectivity index (χ1) is 16.6. The van der Waals surface area contributed by atoms with Crippen LogP contribution in [-0.4, -0.2) is 33.6 Å². The Bertz CT molecular complexity index is 1070. The van der Waals surface area contributed by atoms with Gasteiger partial charge in [0.2, 0.25) is 0 Å². The van der Waals surface area contributed by atoms with Crippen molar-refractivity contribution in [2.75, 3.05) is 5.32 Å². The predicted molar refractivity (Wildman–Crippen MR) is 132 cm³/mol. The SMILES string of the molecule is CC1CC(c2cc(NC(=O)OCc3ccccc3)n(C(C)(C)C)n2)CC1OC(=O)NC12CC(C1)C2. The van der Waals surface area contributed by atoms with Gasteiger partial charge in [-0.1, -0.05) is 37.3 Å². The van der Waals surface area contributed by atoms with Gasteiger partial charge in [0.1, 0.15) is 18.5 Å². The van der Waals surface area contributed by atoms with Crippen LogP contribution in [0.3, 0.4) is 0 Å². The van der Waals surface area contributed by atoms with Gasteiger partial charge in [-0.2, -0.15) is 5.10 Å². The molecule has 2 aromatic rings. The van der Waals surface area contributed by atoms with E-state index in [0.717, 1.165) is 49.3 Å². The first kappa shape index (κ1) is 23.7. The Hall–Kier alpha value is -3.03. The Morgan fingerprint density at radius 3 is 2.46 bits per heavy atom. The number of hydrogen-bond donors (Lipinski definition) is 2. The number of ether oxygens (including phenoxy) is 2. The highest BCUT2D eigenvalue weighted by atomic mass is 16.6. The lowest BCUT2D eigenvalue weighted by molar-refractivity contribution is -0.0520. The van der Waals surface area contributed by atoms with Gasteiger partial charge in [0.05, 0.1) is 11.2 Å². The molecular formula is C27H36N4O4. The topological polar surface area (TPSA) is 94.5 Å². The van der Waals surface area contributed by atoms with Crippen LogP contribution in [0.1, 0.15) is 77.0 Å². The van der Waals surface area contributed by atoms with Crippen LogP contribution in [0, 0.1) is 11.8 Å². The summed E-state index contributed by atoms with van der Waals surface area (Å²) in [5.41, 5.74) is 1.51. The maximum atomic E-state index is 12.5. The molecule has 0 aliphatic heterocycles. The average molecular weight is 481 g/mol. The maximum absolute atomic E-state index is 12.5. The molecule has 8 nitrogen and oxygen atoms in total. The largest absolute Gasteiger partial charge is 0.446 e. The smallest absolute Gasteiger partial charge is 0.413 e. The molecule has 6 rings (SSSR count). The summed E-state index contributed by atoms with van der Waals surface area (Å²) in [7, 11) is 0. The zero-order chi connectivity index (χ0) is 24.8. The second-order valence-corrected chi connectivity index (χ2v) is 11.7. The van der Waals surface area contributed by atoms with Gasteiger partial charge in [-0.3, -0.25) is 5.32 Å². The maximum Gasteiger partial charge on any atom is 0.413 e. The highest BCUT2D eigenvalue weighted by molar-refractivity contribution is 5.83.